The zero-order valence-electron chi connectivity index (χ0n) is 19.9. The summed E-state index contributed by atoms with van der Waals surface area (Å²) in [5.74, 6) is -0.273. The van der Waals surface area contributed by atoms with Crippen LogP contribution < -0.4 is 16.8 Å². The number of benzene rings is 2. The largest absolute Gasteiger partial charge is 0.392 e. The number of hydrogen-bond donors (Lipinski definition) is 4. The number of amidine groups is 1. The topological polar surface area (TPSA) is 114 Å². The molecule has 2 aromatic heterocycles. The summed E-state index contributed by atoms with van der Waals surface area (Å²) in [5.41, 5.74) is 19.0. The van der Waals surface area contributed by atoms with Gasteiger partial charge >= 0.3 is 0 Å². The second-order valence-corrected chi connectivity index (χ2v) is 9.71. The summed E-state index contributed by atoms with van der Waals surface area (Å²) in [6.07, 6.45) is 6.34. The second kappa shape index (κ2) is 9.89. The van der Waals surface area contributed by atoms with E-state index in [0.29, 0.717) is 10.6 Å². The lowest BCUT2D eigenvalue weighted by Crippen LogP contribution is -2.24. The Morgan fingerprint density at radius 3 is 2.81 bits per heavy atom. The van der Waals surface area contributed by atoms with Crippen LogP contribution in [-0.4, -0.2) is 32.6 Å². The maximum Gasteiger partial charge on any atom is 0.135 e. The number of aromatic nitrogens is 2. The van der Waals surface area contributed by atoms with E-state index in [9.17, 15) is 9.50 Å². The first-order valence-corrected chi connectivity index (χ1v) is 12.2. The molecule has 2 aromatic carbocycles. The van der Waals surface area contributed by atoms with Crippen molar-refractivity contribution in [2.24, 2.45) is 16.5 Å². The fourth-order valence-corrected chi connectivity index (χ4v) is 4.97. The molecule has 1 aliphatic rings. The minimum Gasteiger partial charge on any atom is -0.392 e. The van der Waals surface area contributed by atoms with Crippen molar-refractivity contribution in [1.82, 2.24) is 9.61 Å². The molecule has 1 saturated carbocycles. The van der Waals surface area contributed by atoms with E-state index >= 15 is 0 Å². The number of anilines is 1. The Morgan fingerprint density at radius 1 is 1.25 bits per heavy atom. The van der Waals surface area contributed by atoms with Crippen LogP contribution in [0.4, 0.5) is 15.8 Å². The lowest BCUT2D eigenvalue weighted by atomic mass is 10.0. The Morgan fingerprint density at radius 2 is 2.08 bits per heavy atom. The molecule has 2 heterocycles. The van der Waals surface area contributed by atoms with Gasteiger partial charge in [0.2, 0.25) is 0 Å². The summed E-state index contributed by atoms with van der Waals surface area (Å²) >= 11 is 6.23. The SMILES string of the molecule is Cc1cc(CO)ccc1-c1cc2c(N[C@H]3CC[C@@H](N)C3)c(C(N)=Nc3cc(F)ccc3Cl)cnn2c1. The predicted octanol–water partition coefficient (Wildman–Crippen LogP) is 4.92. The van der Waals surface area contributed by atoms with Gasteiger partial charge in [-0.1, -0.05) is 29.8 Å². The van der Waals surface area contributed by atoms with Gasteiger partial charge in [0.1, 0.15) is 11.7 Å². The lowest BCUT2D eigenvalue weighted by molar-refractivity contribution is 0.282. The molecule has 0 radical (unpaired) electrons. The summed E-state index contributed by atoms with van der Waals surface area (Å²) in [7, 11) is 0. The van der Waals surface area contributed by atoms with Crippen LogP contribution >= 0.6 is 11.6 Å². The van der Waals surface area contributed by atoms with E-state index in [0.717, 1.165) is 52.7 Å². The molecule has 36 heavy (non-hydrogen) atoms. The molecule has 4 aromatic rings. The van der Waals surface area contributed by atoms with Crippen molar-refractivity contribution in [2.75, 3.05) is 5.32 Å². The van der Waals surface area contributed by atoms with Crippen LogP contribution in [0.5, 0.6) is 0 Å². The summed E-state index contributed by atoms with van der Waals surface area (Å²) in [6, 6.07) is 12.2. The molecule has 0 unspecified atom stereocenters. The van der Waals surface area contributed by atoms with Gasteiger partial charge in [0.25, 0.3) is 0 Å². The third-order valence-corrected chi connectivity index (χ3v) is 6.99. The number of nitrogens with two attached hydrogens (primary N) is 2. The minimum atomic E-state index is -0.448. The predicted molar refractivity (Wildman–Crippen MR) is 142 cm³/mol. The number of aliphatic hydroxyl groups is 1. The zero-order chi connectivity index (χ0) is 25.4. The molecule has 6 N–H and O–H groups in total. The molecule has 7 nitrogen and oxygen atoms in total. The summed E-state index contributed by atoms with van der Waals surface area (Å²) in [6.45, 7) is 2.01. The molecule has 186 valence electrons. The smallest absolute Gasteiger partial charge is 0.135 e. The van der Waals surface area contributed by atoms with E-state index in [1.54, 1.807) is 10.7 Å². The quantitative estimate of drug-likeness (QED) is 0.219. The van der Waals surface area contributed by atoms with E-state index in [4.69, 9.17) is 23.1 Å². The number of rotatable bonds is 6. The van der Waals surface area contributed by atoms with Crippen LogP contribution in [0.15, 0.2) is 59.9 Å². The minimum absolute atomic E-state index is 0.00465. The Balaban J connectivity index is 1.63. The molecule has 0 aliphatic heterocycles. The van der Waals surface area contributed by atoms with Crippen LogP contribution in [0, 0.1) is 12.7 Å². The monoisotopic (exact) mass is 506 g/mol. The van der Waals surface area contributed by atoms with Crippen molar-refractivity contribution in [2.45, 2.75) is 44.9 Å². The Kier molecular flexibility index (Phi) is 6.66. The van der Waals surface area contributed by atoms with Crippen molar-refractivity contribution < 1.29 is 9.50 Å². The number of aryl methyl sites for hydroxylation is 1. The van der Waals surface area contributed by atoms with Crippen LogP contribution in [0.25, 0.3) is 16.6 Å². The van der Waals surface area contributed by atoms with Gasteiger partial charge in [-0.3, -0.25) is 0 Å². The highest BCUT2D eigenvalue weighted by atomic mass is 35.5. The molecular weight excluding hydrogens is 479 g/mol. The highest BCUT2D eigenvalue weighted by Gasteiger charge is 2.24. The number of nitrogens with zero attached hydrogens (tertiary/aromatic N) is 3. The number of nitrogens with one attached hydrogen (secondary N) is 1. The fraction of sp³-hybridized carbons (Fsp3) is 0.259. The normalized spacial score (nSPS) is 18.2. The first-order chi connectivity index (χ1) is 17.3. The molecule has 0 saturated heterocycles. The number of aliphatic imine (C=N–C) groups is 1. The van der Waals surface area contributed by atoms with E-state index < -0.39 is 5.82 Å². The van der Waals surface area contributed by atoms with Crippen molar-refractivity contribution in [3.63, 3.8) is 0 Å². The van der Waals surface area contributed by atoms with Gasteiger partial charge in [-0.2, -0.15) is 5.10 Å². The molecule has 2 atom stereocenters. The molecule has 0 amide bonds. The van der Waals surface area contributed by atoms with Gasteiger partial charge in [-0.25, -0.2) is 13.9 Å². The molecule has 1 fully saturated rings. The Hall–Kier alpha value is -3.46. The standard InChI is InChI=1S/C27H28ClFN6O/c1-15-8-16(14-36)2-6-21(15)17-9-25-26(33-20-5-4-19(30)11-20)22(12-32-35(25)13-17)27(31)34-24-10-18(29)3-7-23(24)28/h2-3,6-10,12-13,19-20,33,36H,4-5,11,14,30H2,1H3,(H2,31,34)/t19-,20+/m1/s1. The van der Waals surface area contributed by atoms with Gasteiger partial charge in [-0.15, -0.1) is 0 Å². The fourth-order valence-electron chi connectivity index (χ4n) is 4.81. The van der Waals surface area contributed by atoms with Crippen molar-refractivity contribution in [3.05, 3.63) is 82.4 Å². The van der Waals surface area contributed by atoms with E-state index in [-0.39, 0.29) is 30.2 Å². The number of fused-ring (bicyclic) bond motifs is 1. The third-order valence-electron chi connectivity index (χ3n) is 6.67. The van der Waals surface area contributed by atoms with Gasteiger partial charge in [-0.05, 0) is 61.1 Å². The first kappa shape index (κ1) is 24.2. The number of hydrogen-bond acceptors (Lipinski definition) is 5. The highest BCUT2D eigenvalue weighted by Crippen LogP contribution is 2.33. The molecule has 0 bridgehead atoms. The third kappa shape index (κ3) is 4.80. The van der Waals surface area contributed by atoms with Gasteiger partial charge in [0.15, 0.2) is 0 Å². The first-order valence-electron chi connectivity index (χ1n) is 11.9. The van der Waals surface area contributed by atoms with Gasteiger partial charge in [0.05, 0.1) is 40.3 Å². The number of halogens is 2. The van der Waals surface area contributed by atoms with Crippen LogP contribution in [0.3, 0.4) is 0 Å². The second-order valence-electron chi connectivity index (χ2n) is 9.31. The van der Waals surface area contributed by atoms with Crippen LogP contribution in [0.2, 0.25) is 5.02 Å². The van der Waals surface area contributed by atoms with Crippen molar-refractivity contribution in [3.8, 4) is 11.1 Å². The highest BCUT2D eigenvalue weighted by molar-refractivity contribution is 6.33. The molecule has 5 rings (SSSR count). The summed E-state index contributed by atoms with van der Waals surface area (Å²) < 4.78 is 15.6. The van der Waals surface area contributed by atoms with E-state index in [1.807, 2.05) is 31.3 Å². The molecule has 1 aliphatic carbocycles. The van der Waals surface area contributed by atoms with Crippen molar-refractivity contribution >= 4 is 34.3 Å². The van der Waals surface area contributed by atoms with Crippen molar-refractivity contribution in [1.29, 1.82) is 0 Å². The molecular formula is C27H28ClFN6O. The average Bonchev–Trinajstić information content (AvgIpc) is 3.47. The van der Waals surface area contributed by atoms with E-state index in [1.165, 1.54) is 18.2 Å². The number of aliphatic hydroxyl groups excluding tert-OH is 1. The van der Waals surface area contributed by atoms with E-state index in [2.05, 4.69) is 21.5 Å². The van der Waals surface area contributed by atoms with Crippen LogP contribution in [-0.2, 0) is 6.61 Å². The Labute approximate surface area is 213 Å². The maximum atomic E-state index is 13.8. The maximum absolute atomic E-state index is 13.8. The Bertz CT molecular complexity index is 1470. The zero-order valence-corrected chi connectivity index (χ0v) is 20.6. The molecule has 9 heteroatoms. The van der Waals surface area contributed by atoms with Gasteiger partial charge in [0, 0.05) is 29.9 Å². The van der Waals surface area contributed by atoms with Gasteiger partial charge < -0.3 is 21.9 Å². The molecule has 0 spiro atoms. The lowest BCUT2D eigenvalue weighted by Gasteiger charge is -2.18. The van der Waals surface area contributed by atoms with Crippen LogP contribution in [0.1, 0.15) is 36.0 Å². The average molecular weight is 507 g/mol. The summed E-state index contributed by atoms with van der Waals surface area (Å²) in [5, 5.41) is 18.0. The summed E-state index contributed by atoms with van der Waals surface area (Å²) in [4.78, 5) is 4.43.